The number of hydrogen-bond donors (Lipinski definition) is 1. The molecular weight excluding hydrogens is 942 g/mol. The standard InChI is InChI=1S/C51H56BIN8O5/c1-48(2,3)64-47(62)59(29-30-63-41-26-18-19-36(31-41)34-60-35-40(33-55-60)52-65-49(4,5)50(6,7)66-52)28-27-43(53)42-32-44(54-8)56-46-45(42)57-58-61(46)51(37-20-12-9-13-21-37,38-22-14-10-15-23-38)39-24-16-11-17-25-39/h9-27,31-33,35H,28-30,34H2,1-8H3,(H,54,56)/b43-27-. The normalized spacial score (nSPS) is 14.9. The predicted octanol–water partition coefficient (Wildman–Crippen LogP) is 9.34. The van der Waals surface area contributed by atoms with Gasteiger partial charge in [-0.2, -0.15) is 5.10 Å². The maximum atomic E-state index is 13.7. The Hall–Kier alpha value is -6.04. The monoisotopic (exact) mass is 998 g/mol. The van der Waals surface area contributed by atoms with E-state index >= 15 is 0 Å². The minimum absolute atomic E-state index is 0.235. The third-order valence-corrected chi connectivity index (χ3v) is 13.0. The van der Waals surface area contributed by atoms with Crippen LogP contribution in [-0.2, 0) is 26.1 Å². The lowest BCUT2D eigenvalue weighted by atomic mass is 9.77. The number of hydrogen-bond acceptors (Lipinski definition) is 10. The summed E-state index contributed by atoms with van der Waals surface area (Å²) in [7, 11) is 1.36. The number of carbonyl (C=O) groups is 1. The molecule has 340 valence electrons. The van der Waals surface area contributed by atoms with Gasteiger partial charge in [-0.05, 0) is 112 Å². The molecule has 0 bridgehead atoms. The maximum absolute atomic E-state index is 13.7. The topological polar surface area (TPSA) is 131 Å². The number of rotatable bonds is 15. The summed E-state index contributed by atoms with van der Waals surface area (Å²) < 4.78 is 29.3. The second-order valence-corrected chi connectivity index (χ2v) is 19.5. The largest absolute Gasteiger partial charge is 0.498 e. The molecule has 7 aromatic rings. The maximum Gasteiger partial charge on any atom is 0.498 e. The summed E-state index contributed by atoms with van der Waals surface area (Å²) in [5, 5.41) is 17.6. The van der Waals surface area contributed by atoms with Gasteiger partial charge < -0.3 is 29.0 Å². The first-order valence-corrected chi connectivity index (χ1v) is 23.2. The number of amides is 1. The zero-order valence-electron chi connectivity index (χ0n) is 38.7. The Bertz CT molecular complexity index is 2700. The smallest absolute Gasteiger partial charge is 0.492 e. The molecule has 0 unspecified atom stereocenters. The van der Waals surface area contributed by atoms with E-state index in [4.69, 9.17) is 34.1 Å². The molecule has 0 aliphatic carbocycles. The number of benzene rings is 4. The number of aromatic nitrogens is 6. The number of anilines is 1. The third-order valence-electron chi connectivity index (χ3n) is 12.0. The van der Waals surface area contributed by atoms with Crippen molar-refractivity contribution in [1.82, 2.24) is 34.7 Å². The van der Waals surface area contributed by atoms with Gasteiger partial charge in [-0.3, -0.25) is 4.68 Å². The van der Waals surface area contributed by atoms with Crippen LogP contribution in [0, 0.1) is 0 Å². The van der Waals surface area contributed by atoms with E-state index in [9.17, 15) is 4.79 Å². The van der Waals surface area contributed by atoms with E-state index in [1.54, 1.807) is 11.1 Å². The molecule has 66 heavy (non-hydrogen) atoms. The average molecular weight is 999 g/mol. The van der Waals surface area contributed by atoms with E-state index in [0.29, 0.717) is 29.3 Å². The van der Waals surface area contributed by atoms with Crippen molar-refractivity contribution in [1.29, 1.82) is 0 Å². The summed E-state index contributed by atoms with van der Waals surface area (Å²) in [6.07, 6.45) is 5.30. The number of nitrogens with one attached hydrogen (secondary N) is 1. The molecule has 3 aromatic heterocycles. The lowest BCUT2D eigenvalue weighted by molar-refractivity contribution is 0.00578. The SMILES string of the molecule is CNc1cc(/C(I)=C/CN(CCOc2cccc(Cn3cc(B4OC(C)(C)C(C)(C)O4)cn3)c2)C(=O)OC(C)(C)C)c2nnn(C(c3ccccc3)(c3ccccc3)c3ccccc3)c2n1. The quantitative estimate of drug-likeness (QED) is 0.0603. The van der Waals surface area contributed by atoms with Crippen molar-refractivity contribution in [3.8, 4) is 5.75 Å². The second-order valence-electron chi connectivity index (χ2n) is 18.3. The zero-order chi connectivity index (χ0) is 46.7. The van der Waals surface area contributed by atoms with Crippen molar-refractivity contribution < 1.29 is 23.6 Å². The van der Waals surface area contributed by atoms with E-state index in [1.165, 1.54) is 0 Å². The first kappa shape index (κ1) is 46.5. The van der Waals surface area contributed by atoms with Crippen LogP contribution in [-0.4, -0.2) is 91.4 Å². The first-order chi connectivity index (χ1) is 31.6. The van der Waals surface area contributed by atoms with Crippen molar-refractivity contribution in [3.63, 3.8) is 0 Å². The fraction of sp³-hybridized carbons (Fsp3) is 0.314. The molecule has 1 fully saturated rings. The van der Waals surface area contributed by atoms with Gasteiger partial charge in [-0.25, -0.2) is 14.5 Å². The first-order valence-electron chi connectivity index (χ1n) is 22.1. The fourth-order valence-electron chi connectivity index (χ4n) is 7.99. The Balaban J connectivity index is 1.04. The van der Waals surface area contributed by atoms with E-state index in [-0.39, 0.29) is 19.7 Å². The van der Waals surface area contributed by atoms with Crippen molar-refractivity contribution >= 4 is 61.8 Å². The molecule has 1 amide bonds. The van der Waals surface area contributed by atoms with Gasteiger partial charge in [0.05, 0.1) is 24.3 Å². The van der Waals surface area contributed by atoms with Crippen LogP contribution in [0.1, 0.15) is 76.3 Å². The third kappa shape index (κ3) is 9.74. The van der Waals surface area contributed by atoms with E-state index in [2.05, 4.69) is 69.4 Å². The molecule has 13 nitrogen and oxygen atoms in total. The lowest BCUT2D eigenvalue weighted by Gasteiger charge is -2.36. The minimum atomic E-state index is -0.921. The highest BCUT2D eigenvalue weighted by Crippen LogP contribution is 2.43. The molecule has 1 saturated heterocycles. The van der Waals surface area contributed by atoms with E-state index in [1.807, 2.05) is 162 Å². The molecule has 4 heterocycles. The summed E-state index contributed by atoms with van der Waals surface area (Å²) in [6.45, 7) is 15.0. The molecule has 8 rings (SSSR count). The van der Waals surface area contributed by atoms with Crippen molar-refractivity contribution in [2.75, 3.05) is 32.1 Å². The highest BCUT2D eigenvalue weighted by Gasteiger charge is 2.52. The average Bonchev–Trinajstić information content (AvgIpc) is 4.00. The van der Waals surface area contributed by atoms with Gasteiger partial charge >= 0.3 is 13.2 Å². The highest BCUT2D eigenvalue weighted by molar-refractivity contribution is 14.1. The van der Waals surface area contributed by atoms with Crippen LogP contribution in [0.3, 0.4) is 0 Å². The molecule has 0 saturated carbocycles. The minimum Gasteiger partial charge on any atom is -0.492 e. The van der Waals surface area contributed by atoms with Gasteiger partial charge in [0, 0.05) is 40.6 Å². The van der Waals surface area contributed by atoms with Gasteiger partial charge in [-0.1, -0.05) is 114 Å². The number of ether oxygens (including phenoxy) is 2. The van der Waals surface area contributed by atoms with Crippen LogP contribution in [0.4, 0.5) is 10.6 Å². The van der Waals surface area contributed by atoms with Gasteiger partial charge in [0.1, 0.15) is 34.8 Å². The van der Waals surface area contributed by atoms with Crippen LogP contribution < -0.4 is 15.5 Å². The summed E-state index contributed by atoms with van der Waals surface area (Å²) >= 11 is 2.31. The molecule has 1 N–H and O–H groups in total. The van der Waals surface area contributed by atoms with Gasteiger partial charge in [-0.15, -0.1) is 5.10 Å². The number of pyridine rings is 1. The van der Waals surface area contributed by atoms with Gasteiger partial charge in [0.15, 0.2) is 5.65 Å². The number of nitrogens with zero attached hydrogens (tertiary/aromatic N) is 7. The van der Waals surface area contributed by atoms with Gasteiger partial charge in [0.25, 0.3) is 0 Å². The number of fused-ring (bicyclic) bond motifs is 1. The molecule has 0 spiro atoms. The Morgan fingerprint density at radius 2 is 1.47 bits per heavy atom. The molecular formula is C51H56BIN8O5. The van der Waals surface area contributed by atoms with Crippen LogP contribution in [0.5, 0.6) is 5.75 Å². The number of carbonyl (C=O) groups excluding carboxylic acids is 1. The molecule has 1 aliphatic rings. The van der Waals surface area contributed by atoms with Crippen LogP contribution in [0.25, 0.3) is 14.7 Å². The van der Waals surface area contributed by atoms with E-state index in [0.717, 1.165) is 36.9 Å². The number of halogens is 1. The van der Waals surface area contributed by atoms with Crippen molar-refractivity contribution in [2.24, 2.45) is 0 Å². The molecule has 0 radical (unpaired) electrons. The Morgan fingerprint density at radius 3 is 2.05 bits per heavy atom. The zero-order valence-corrected chi connectivity index (χ0v) is 40.9. The second kappa shape index (κ2) is 19.1. The summed E-state index contributed by atoms with van der Waals surface area (Å²) in [5.74, 6) is 1.32. The fourth-order valence-corrected chi connectivity index (χ4v) is 8.60. The van der Waals surface area contributed by atoms with Crippen LogP contribution in [0.2, 0.25) is 0 Å². The lowest BCUT2D eigenvalue weighted by Crippen LogP contribution is -2.41. The van der Waals surface area contributed by atoms with Crippen LogP contribution >= 0.6 is 22.6 Å². The van der Waals surface area contributed by atoms with Gasteiger partial charge in [0.2, 0.25) is 0 Å². The predicted molar refractivity (Wildman–Crippen MR) is 268 cm³/mol. The molecule has 15 heteroatoms. The van der Waals surface area contributed by atoms with Crippen molar-refractivity contribution in [2.45, 2.75) is 77.4 Å². The molecule has 0 atom stereocenters. The Labute approximate surface area is 400 Å². The Kier molecular flexibility index (Phi) is 13.4. The highest BCUT2D eigenvalue weighted by atomic mass is 127. The Morgan fingerprint density at radius 1 is 0.864 bits per heavy atom. The summed E-state index contributed by atoms with van der Waals surface area (Å²) in [6, 6.07) is 40.8. The van der Waals surface area contributed by atoms with E-state index < -0.39 is 35.6 Å². The summed E-state index contributed by atoms with van der Waals surface area (Å²) in [4.78, 5) is 20.5. The molecule has 4 aromatic carbocycles. The van der Waals surface area contributed by atoms with Crippen LogP contribution in [0.15, 0.2) is 140 Å². The molecule has 1 aliphatic heterocycles. The van der Waals surface area contributed by atoms with Crippen molar-refractivity contribution in [3.05, 3.63) is 168 Å². The summed E-state index contributed by atoms with van der Waals surface area (Å²) in [5.41, 5.74) is 4.42.